The Morgan fingerprint density at radius 3 is 2.47 bits per heavy atom. The van der Waals surface area contributed by atoms with E-state index in [4.69, 9.17) is 5.11 Å². The highest BCUT2D eigenvalue weighted by molar-refractivity contribution is 5.97. The molecule has 15 heavy (non-hydrogen) atoms. The molecule has 0 spiro atoms. The summed E-state index contributed by atoms with van der Waals surface area (Å²) in [5.74, 6) is -1.44. The van der Waals surface area contributed by atoms with Crippen LogP contribution in [0.15, 0.2) is 24.3 Å². The van der Waals surface area contributed by atoms with E-state index in [0.717, 1.165) is 6.08 Å². The van der Waals surface area contributed by atoms with Crippen molar-refractivity contribution in [3.05, 3.63) is 35.4 Å². The number of hydrogen-bond acceptors (Lipinski definition) is 3. The van der Waals surface area contributed by atoms with Crippen molar-refractivity contribution in [1.29, 1.82) is 0 Å². The average molecular weight is 206 g/mol. The zero-order valence-corrected chi connectivity index (χ0v) is 8.10. The lowest BCUT2D eigenvalue weighted by molar-refractivity contribution is -0.131. The molecule has 0 saturated carbocycles. The van der Waals surface area contributed by atoms with Crippen molar-refractivity contribution in [3.8, 4) is 5.75 Å². The molecule has 0 aliphatic rings. The van der Waals surface area contributed by atoms with Gasteiger partial charge in [-0.15, -0.1) is 0 Å². The van der Waals surface area contributed by atoms with Gasteiger partial charge in [-0.3, -0.25) is 4.79 Å². The molecule has 0 saturated heterocycles. The molecule has 0 aromatic heterocycles. The molecule has 0 unspecified atom stereocenters. The van der Waals surface area contributed by atoms with Gasteiger partial charge in [-0.25, -0.2) is 4.79 Å². The standard InChI is InChI=1S/C11H10O4/c1-7(12)9-4-2-8(6-10(9)13)3-5-11(14)15/h2-6,13H,1H3,(H,14,15)/b5-3+. The molecule has 0 radical (unpaired) electrons. The Morgan fingerprint density at radius 1 is 1.33 bits per heavy atom. The minimum absolute atomic E-state index is 0.143. The molecular formula is C11H10O4. The molecule has 0 aliphatic carbocycles. The first-order chi connectivity index (χ1) is 7.00. The molecule has 0 atom stereocenters. The second-order valence-electron chi connectivity index (χ2n) is 3.00. The molecule has 0 bridgehead atoms. The largest absolute Gasteiger partial charge is 0.507 e. The van der Waals surface area contributed by atoms with Gasteiger partial charge in [0.15, 0.2) is 5.78 Å². The van der Waals surface area contributed by atoms with Gasteiger partial charge >= 0.3 is 5.97 Å². The number of hydrogen-bond donors (Lipinski definition) is 2. The fourth-order valence-corrected chi connectivity index (χ4v) is 1.12. The molecule has 2 N–H and O–H groups in total. The third kappa shape index (κ3) is 2.95. The zero-order valence-electron chi connectivity index (χ0n) is 8.10. The molecule has 1 rings (SSSR count). The van der Waals surface area contributed by atoms with Crippen LogP contribution < -0.4 is 0 Å². The van der Waals surface area contributed by atoms with Crippen molar-refractivity contribution in [1.82, 2.24) is 0 Å². The van der Waals surface area contributed by atoms with Crippen molar-refractivity contribution in [3.63, 3.8) is 0 Å². The number of ketones is 1. The number of aliphatic carboxylic acids is 1. The van der Waals surface area contributed by atoms with Gasteiger partial charge in [0.2, 0.25) is 0 Å². The maximum atomic E-state index is 11.0. The van der Waals surface area contributed by atoms with Crippen LogP contribution in [-0.2, 0) is 4.79 Å². The van der Waals surface area contributed by atoms with E-state index in [1.165, 1.54) is 25.1 Å². The topological polar surface area (TPSA) is 74.6 Å². The highest BCUT2D eigenvalue weighted by Crippen LogP contribution is 2.19. The van der Waals surface area contributed by atoms with Crippen LogP contribution in [0.2, 0.25) is 0 Å². The lowest BCUT2D eigenvalue weighted by Gasteiger charge is -2.01. The number of phenols is 1. The molecule has 0 amide bonds. The highest BCUT2D eigenvalue weighted by Gasteiger charge is 2.05. The van der Waals surface area contributed by atoms with E-state index in [1.54, 1.807) is 6.07 Å². The van der Waals surface area contributed by atoms with Gasteiger partial charge in [0.05, 0.1) is 5.56 Å². The first-order valence-electron chi connectivity index (χ1n) is 4.25. The van der Waals surface area contributed by atoms with Gasteiger partial charge in [0.1, 0.15) is 5.75 Å². The summed E-state index contributed by atoms with van der Waals surface area (Å²) >= 11 is 0. The number of carbonyl (C=O) groups is 2. The second kappa shape index (κ2) is 4.41. The third-order valence-electron chi connectivity index (χ3n) is 1.82. The minimum Gasteiger partial charge on any atom is -0.507 e. The summed E-state index contributed by atoms with van der Waals surface area (Å²) in [5, 5.41) is 17.8. The van der Waals surface area contributed by atoms with E-state index >= 15 is 0 Å². The van der Waals surface area contributed by atoms with E-state index in [-0.39, 0.29) is 17.1 Å². The number of phenolic OH excluding ortho intramolecular Hbond substituents is 1. The molecule has 0 heterocycles. The SMILES string of the molecule is CC(=O)c1ccc(/C=C/C(=O)O)cc1O. The van der Waals surface area contributed by atoms with Gasteiger partial charge in [-0.05, 0) is 30.7 Å². The fourth-order valence-electron chi connectivity index (χ4n) is 1.12. The smallest absolute Gasteiger partial charge is 0.328 e. The van der Waals surface area contributed by atoms with E-state index < -0.39 is 5.97 Å². The number of carboxylic acids is 1. The number of carbonyl (C=O) groups excluding carboxylic acids is 1. The summed E-state index contributed by atoms with van der Waals surface area (Å²) in [6, 6.07) is 4.37. The van der Waals surface area contributed by atoms with Gasteiger partial charge in [-0.2, -0.15) is 0 Å². The van der Waals surface area contributed by atoms with Gasteiger partial charge < -0.3 is 10.2 Å². The fraction of sp³-hybridized carbons (Fsp3) is 0.0909. The van der Waals surface area contributed by atoms with E-state index in [9.17, 15) is 14.7 Å². The van der Waals surface area contributed by atoms with Crippen molar-refractivity contribution in [2.75, 3.05) is 0 Å². The summed E-state index contributed by atoms with van der Waals surface area (Å²) < 4.78 is 0. The van der Waals surface area contributed by atoms with Gasteiger partial charge in [-0.1, -0.05) is 6.07 Å². The van der Waals surface area contributed by atoms with Crippen LogP contribution in [-0.4, -0.2) is 22.0 Å². The van der Waals surface area contributed by atoms with Crippen molar-refractivity contribution >= 4 is 17.8 Å². The molecule has 1 aromatic rings. The molecule has 0 fully saturated rings. The molecule has 1 aromatic carbocycles. The summed E-state index contributed by atoms with van der Waals surface area (Å²) in [4.78, 5) is 21.2. The van der Waals surface area contributed by atoms with Crippen molar-refractivity contribution < 1.29 is 19.8 Å². The number of Topliss-reactive ketones (excluding diaryl/α,β-unsaturated/α-hetero) is 1. The number of rotatable bonds is 3. The third-order valence-corrected chi connectivity index (χ3v) is 1.82. The Bertz CT molecular complexity index is 432. The number of benzene rings is 1. The van der Waals surface area contributed by atoms with Crippen LogP contribution in [0.25, 0.3) is 6.08 Å². The minimum atomic E-state index is -1.06. The maximum absolute atomic E-state index is 11.0. The van der Waals surface area contributed by atoms with E-state index in [0.29, 0.717) is 5.56 Å². The molecule has 0 aliphatic heterocycles. The van der Waals surface area contributed by atoms with Crippen LogP contribution in [0.3, 0.4) is 0 Å². The zero-order chi connectivity index (χ0) is 11.4. The lowest BCUT2D eigenvalue weighted by atomic mass is 10.1. The Hall–Kier alpha value is -2.10. The molecule has 4 heteroatoms. The summed E-state index contributed by atoms with van der Waals surface area (Å²) in [6.45, 7) is 1.35. The first kappa shape index (κ1) is 11.0. The Balaban J connectivity index is 3.01. The number of carboxylic acid groups (broad SMARTS) is 1. The second-order valence-corrected chi connectivity index (χ2v) is 3.00. The maximum Gasteiger partial charge on any atom is 0.328 e. The Kier molecular flexibility index (Phi) is 3.23. The van der Waals surface area contributed by atoms with Gasteiger partial charge in [0, 0.05) is 6.08 Å². The average Bonchev–Trinajstić information content (AvgIpc) is 2.14. The van der Waals surface area contributed by atoms with Crippen LogP contribution in [0.1, 0.15) is 22.8 Å². The predicted molar refractivity (Wildman–Crippen MR) is 54.8 cm³/mol. The Morgan fingerprint density at radius 2 is 2.00 bits per heavy atom. The van der Waals surface area contributed by atoms with Crippen LogP contribution in [0.4, 0.5) is 0 Å². The van der Waals surface area contributed by atoms with Crippen LogP contribution >= 0.6 is 0 Å². The monoisotopic (exact) mass is 206 g/mol. The van der Waals surface area contributed by atoms with E-state index in [2.05, 4.69) is 0 Å². The summed E-state index contributed by atoms with van der Waals surface area (Å²) in [6.07, 6.45) is 2.30. The summed E-state index contributed by atoms with van der Waals surface area (Å²) in [5.41, 5.74) is 0.752. The molecule has 4 nitrogen and oxygen atoms in total. The van der Waals surface area contributed by atoms with Crippen molar-refractivity contribution in [2.45, 2.75) is 6.92 Å². The number of aromatic hydroxyl groups is 1. The van der Waals surface area contributed by atoms with Crippen LogP contribution in [0, 0.1) is 0 Å². The Labute approximate surface area is 86.5 Å². The molecular weight excluding hydrogens is 196 g/mol. The van der Waals surface area contributed by atoms with E-state index in [1.807, 2.05) is 0 Å². The van der Waals surface area contributed by atoms with Gasteiger partial charge in [0.25, 0.3) is 0 Å². The first-order valence-corrected chi connectivity index (χ1v) is 4.25. The highest BCUT2D eigenvalue weighted by atomic mass is 16.4. The summed E-state index contributed by atoms with van der Waals surface area (Å²) in [7, 11) is 0. The predicted octanol–water partition coefficient (Wildman–Crippen LogP) is 1.69. The molecule has 78 valence electrons. The van der Waals surface area contributed by atoms with Crippen LogP contribution in [0.5, 0.6) is 5.75 Å². The lowest BCUT2D eigenvalue weighted by Crippen LogP contribution is -1.92. The normalized spacial score (nSPS) is 10.5. The van der Waals surface area contributed by atoms with Crippen molar-refractivity contribution in [2.24, 2.45) is 0 Å². The quantitative estimate of drug-likeness (QED) is 0.583.